The molecule has 82 valence electrons. The third-order valence-electron chi connectivity index (χ3n) is 3.09. The second kappa shape index (κ2) is 4.62. The van der Waals surface area contributed by atoms with E-state index in [0.717, 1.165) is 12.4 Å². The Kier molecular flexibility index (Phi) is 3.21. The summed E-state index contributed by atoms with van der Waals surface area (Å²) in [7, 11) is 1.90. The maximum absolute atomic E-state index is 4.38. The summed E-state index contributed by atoms with van der Waals surface area (Å²) in [5.74, 6) is 0.951. The van der Waals surface area contributed by atoms with Crippen molar-refractivity contribution in [3.8, 4) is 0 Å². The number of anilines is 1. The molecule has 0 bridgehead atoms. The third kappa shape index (κ3) is 2.29. The van der Waals surface area contributed by atoms with Crippen LogP contribution in [0.25, 0.3) is 0 Å². The molecule has 0 amide bonds. The number of pyridine rings is 1. The van der Waals surface area contributed by atoms with Crippen molar-refractivity contribution in [2.75, 3.05) is 18.9 Å². The van der Waals surface area contributed by atoms with Crippen LogP contribution in [0.2, 0.25) is 0 Å². The number of aromatic nitrogens is 1. The largest absolute Gasteiger partial charge is 0.373 e. The summed E-state index contributed by atoms with van der Waals surface area (Å²) in [4.78, 5) is 4.38. The van der Waals surface area contributed by atoms with Crippen LogP contribution < -0.4 is 10.6 Å². The molecule has 2 heterocycles. The minimum Gasteiger partial charge on any atom is -0.373 e. The molecule has 1 aliphatic heterocycles. The average molecular weight is 205 g/mol. The second-order valence-corrected chi connectivity index (χ2v) is 4.18. The Labute approximate surface area is 91.3 Å². The molecular weight excluding hydrogens is 186 g/mol. The fraction of sp³-hybridized carbons (Fsp3) is 0.583. The van der Waals surface area contributed by atoms with Gasteiger partial charge < -0.3 is 10.6 Å². The van der Waals surface area contributed by atoms with Crippen LogP contribution in [0.15, 0.2) is 12.3 Å². The molecule has 1 atom stereocenters. The third-order valence-corrected chi connectivity index (χ3v) is 3.09. The van der Waals surface area contributed by atoms with Gasteiger partial charge in [-0.05, 0) is 43.5 Å². The number of rotatable bonds is 2. The zero-order valence-electron chi connectivity index (χ0n) is 9.51. The molecule has 0 unspecified atom stereocenters. The lowest BCUT2D eigenvalue weighted by molar-refractivity contribution is 0.410. The first-order valence-corrected chi connectivity index (χ1v) is 5.69. The number of hydrogen-bond acceptors (Lipinski definition) is 3. The fourth-order valence-corrected chi connectivity index (χ4v) is 2.19. The van der Waals surface area contributed by atoms with Crippen LogP contribution in [-0.4, -0.2) is 18.6 Å². The van der Waals surface area contributed by atoms with Crippen LogP contribution in [0.5, 0.6) is 0 Å². The molecule has 0 radical (unpaired) electrons. The summed E-state index contributed by atoms with van der Waals surface area (Å²) >= 11 is 0. The maximum Gasteiger partial charge on any atom is 0.125 e. The monoisotopic (exact) mass is 205 g/mol. The van der Waals surface area contributed by atoms with Gasteiger partial charge in [0.15, 0.2) is 0 Å². The van der Waals surface area contributed by atoms with Gasteiger partial charge in [0.2, 0.25) is 0 Å². The minimum atomic E-state index is 0.511. The van der Waals surface area contributed by atoms with Crippen molar-refractivity contribution >= 4 is 5.82 Å². The normalized spacial score (nSPS) is 21.3. The van der Waals surface area contributed by atoms with Gasteiger partial charge in [-0.1, -0.05) is 6.42 Å². The molecule has 1 saturated heterocycles. The molecule has 0 aromatic carbocycles. The maximum atomic E-state index is 4.38. The number of aryl methyl sites for hydroxylation is 1. The van der Waals surface area contributed by atoms with Gasteiger partial charge in [0.05, 0.1) is 0 Å². The standard InChI is InChI=1S/C12H19N3/c1-9-7-12(13-2)15-8-10(9)11-5-3-4-6-14-11/h7-8,11,14H,3-6H2,1-2H3,(H,13,15)/t11-/m1/s1. The van der Waals surface area contributed by atoms with E-state index < -0.39 is 0 Å². The molecule has 1 aliphatic rings. The van der Waals surface area contributed by atoms with Crippen LogP contribution in [0.3, 0.4) is 0 Å². The Hall–Kier alpha value is -1.09. The molecule has 1 fully saturated rings. The van der Waals surface area contributed by atoms with Crippen molar-refractivity contribution in [3.63, 3.8) is 0 Å². The quantitative estimate of drug-likeness (QED) is 0.777. The van der Waals surface area contributed by atoms with E-state index in [2.05, 4.69) is 28.6 Å². The molecule has 2 rings (SSSR count). The van der Waals surface area contributed by atoms with Gasteiger partial charge in [-0.3, -0.25) is 0 Å². The smallest absolute Gasteiger partial charge is 0.125 e. The van der Waals surface area contributed by atoms with Gasteiger partial charge in [0, 0.05) is 19.3 Å². The molecule has 2 N–H and O–H groups in total. The molecule has 1 aromatic heterocycles. The van der Waals surface area contributed by atoms with Gasteiger partial charge in [-0.15, -0.1) is 0 Å². The molecule has 15 heavy (non-hydrogen) atoms. The van der Waals surface area contributed by atoms with Crippen molar-refractivity contribution in [1.82, 2.24) is 10.3 Å². The molecule has 1 aromatic rings. The highest BCUT2D eigenvalue weighted by atomic mass is 15.0. The first-order valence-electron chi connectivity index (χ1n) is 5.69. The highest BCUT2D eigenvalue weighted by molar-refractivity contribution is 5.41. The molecule has 3 nitrogen and oxygen atoms in total. The molecule has 3 heteroatoms. The van der Waals surface area contributed by atoms with Gasteiger partial charge in [-0.2, -0.15) is 0 Å². The Morgan fingerprint density at radius 3 is 2.93 bits per heavy atom. The van der Waals surface area contributed by atoms with Crippen LogP contribution in [0.1, 0.15) is 36.4 Å². The zero-order valence-corrected chi connectivity index (χ0v) is 9.51. The van der Waals surface area contributed by atoms with Gasteiger partial charge in [-0.25, -0.2) is 4.98 Å². The van der Waals surface area contributed by atoms with Crippen LogP contribution in [0.4, 0.5) is 5.82 Å². The van der Waals surface area contributed by atoms with Crippen molar-refractivity contribution in [1.29, 1.82) is 0 Å². The number of hydrogen-bond donors (Lipinski definition) is 2. The van der Waals surface area contributed by atoms with E-state index >= 15 is 0 Å². The van der Waals surface area contributed by atoms with E-state index in [1.807, 2.05) is 13.2 Å². The van der Waals surface area contributed by atoms with Crippen LogP contribution in [0, 0.1) is 6.92 Å². The Morgan fingerprint density at radius 2 is 2.33 bits per heavy atom. The number of piperidine rings is 1. The summed E-state index contributed by atoms with van der Waals surface area (Å²) in [6.45, 7) is 3.30. The van der Waals surface area contributed by atoms with Crippen molar-refractivity contribution < 1.29 is 0 Å². The minimum absolute atomic E-state index is 0.511. The highest BCUT2D eigenvalue weighted by Gasteiger charge is 2.16. The Bertz CT molecular complexity index is 330. The van der Waals surface area contributed by atoms with Crippen molar-refractivity contribution in [2.45, 2.75) is 32.2 Å². The number of nitrogens with one attached hydrogen (secondary N) is 2. The SMILES string of the molecule is CNc1cc(C)c([C@H]2CCCCN2)cn1. The van der Waals surface area contributed by atoms with Gasteiger partial charge >= 0.3 is 0 Å². The predicted octanol–water partition coefficient (Wildman–Crippen LogP) is 2.25. The van der Waals surface area contributed by atoms with E-state index in [-0.39, 0.29) is 0 Å². The lowest BCUT2D eigenvalue weighted by Gasteiger charge is -2.25. The summed E-state index contributed by atoms with van der Waals surface area (Å²) in [6.07, 6.45) is 5.87. The van der Waals surface area contributed by atoms with E-state index in [1.165, 1.54) is 30.4 Å². The summed E-state index contributed by atoms with van der Waals surface area (Å²) in [5, 5.41) is 6.62. The first kappa shape index (κ1) is 10.4. The van der Waals surface area contributed by atoms with E-state index in [0.29, 0.717) is 6.04 Å². The van der Waals surface area contributed by atoms with Crippen LogP contribution >= 0.6 is 0 Å². The van der Waals surface area contributed by atoms with Gasteiger partial charge in [0.25, 0.3) is 0 Å². The zero-order chi connectivity index (χ0) is 10.7. The molecular formula is C12H19N3. The van der Waals surface area contributed by atoms with Crippen LogP contribution in [-0.2, 0) is 0 Å². The highest BCUT2D eigenvalue weighted by Crippen LogP contribution is 2.25. The van der Waals surface area contributed by atoms with Gasteiger partial charge in [0.1, 0.15) is 5.82 Å². The fourth-order valence-electron chi connectivity index (χ4n) is 2.19. The lowest BCUT2D eigenvalue weighted by Crippen LogP contribution is -2.27. The Balaban J connectivity index is 2.19. The van der Waals surface area contributed by atoms with E-state index in [9.17, 15) is 0 Å². The van der Waals surface area contributed by atoms with Crippen molar-refractivity contribution in [3.05, 3.63) is 23.4 Å². The lowest BCUT2D eigenvalue weighted by atomic mass is 9.96. The molecule has 0 aliphatic carbocycles. The predicted molar refractivity (Wildman–Crippen MR) is 63.1 cm³/mol. The summed E-state index contributed by atoms with van der Waals surface area (Å²) in [5.41, 5.74) is 2.68. The van der Waals surface area contributed by atoms with Crippen molar-refractivity contribution in [2.24, 2.45) is 0 Å². The van der Waals surface area contributed by atoms with E-state index in [4.69, 9.17) is 0 Å². The van der Waals surface area contributed by atoms with E-state index in [1.54, 1.807) is 0 Å². The summed E-state index contributed by atoms with van der Waals surface area (Å²) < 4.78 is 0. The molecule has 0 saturated carbocycles. The second-order valence-electron chi connectivity index (χ2n) is 4.18. The topological polar surface area (TPSA) is 37.0 Å². The Morgan fingerprint density at radius 1 is 1.47 bits per heavy atom. The summed E-state index contributed by atoms with van der Waals surface area (Å²) in [6, 6.07) is 2.63. The average Bonchev–Trinajstić information content (AvgIpc) is 2.30. The molecule has 0 spiro atoms. The number of nitrogens with zero attached hydrogens (tertiary/aromatic N) is 1. The first-order chi connectivity index (χ1) is 7.31.